The molecule has 1 saturated heterocycles. The zero-order valence-corrected chi connectivity index (χ0v) is 14.9. The SMILES string of the molecule is Clc1cccc(CN2CCN(Cc3ccc4nsnc4c3)CC2)c1. The second kappa shape index (κ2) is 7.15. The summed E-state index contributed by atoms with van der Waals surface area (Å²) in [6.45, 7) is 6.32. The van der Waals surface area contributed by atoms with E-state index in [1.807, 2.05) is 12.1 Å². The van der Waals surface area contributed by atoms with Gasteiger partial charge in [0.05, 0.1) is 11.7 Å². The lowest BCUT2D eigenvalue weighted by Gasteiger charge is -2.34. The van der Waals surface area contributed by atoms with Crippen molar-refractivity contribution in [2.24, 2.45) is 0 Å². The van der Waals surface area contributed by atoms with Gasteiger partial charge in [-0.3, -0.25) is 9.80 Å². The fourth-order valence-corrected chi connectivity index (χ4v) is 3.91. The Labute approximate surface area is 151 Å². The number of fused-ring (bicyclic) bond motifs is 1. The van der Waals surface area contributed by atoms with Crippen molar-refractivity contribution in [3.63, 3.8) is 0 Å². The number of piperazine rings is 1. The summed E-state index contributed by atoms with van der Waals surface area (Å²) in [6.07, 6.45) is 0. The highest BCUT2D eigenvalue weighted by Crippen LogP contribution is 2.17. The van der Waals surface area contributed by atoms with Gasteiger partial charge in [0, 0.05) is 44.3 Å². The molecule has 0 bridgehead atoms. The van der Waals surface area contributed by atoms with Crippen molar-refractivity contribution >= 4 is 34.4 Å². The van der Waals surface area contributed by atoms with Crippen LogP contribution in [-0.4, -0.2) is 44.7 Å². The molecule has 3 aromatic rings. The molecule has 6 heteroatoms. The van der Waals surface area contributed by atoms with E-state index in [9.17, 15) is 0 Å². The Morgan fingerprint density at radius 1 is 0.833 bits per heavy atom. The second-order valence-corrected chi connectivity index (χ2v) is 7.23. The fraction of sp³-hybridized carbons (Fsp3) is 0.333. The van der Waals surface area contributed by atoms with Gasteiger partial charge in [0.1, 0.15) is 11.0 Å². The first-order valence-electron chi connectivity index (χ1n) is 8.17. The molecule has 4 nitrogen and oxygen atoms in total. The summed E-state index contributed by atoms with van der Waals surface area (Å²) >= 11 is 7.35. The number of nitrogens with zero attached hydrogens (tertiary/aromatic N) is 4. The van der Waals surface area contributed by atoms with Crippen molar-refractivity contribution in [1.82, 2.24) is 18.5 Å². The van der Waals surface area contributed by atoms with E-state index in [2.05, 4.69) is 48.9 Å². The third-order valence-corrected chi connectivity index (χ3v) is 5.28. The molecular weight excluding hydrogens is 340 g/mol. The molecule has 0 spiro atoms. The third kappa shape index (κ3) is 3.75. The Bertz CT molecular complexity index is 827. The van der Waals surface area contributed by atoms with Crippen molar-refractivity contribution < 1.29 is 0 Å². The molecule has 1 aromatic heterocycles. The van der Waals surface area contributed by atoms with Crippen molar-refractivity contribution in [3.05, 3.63) is 58.6 Å². The normalized spacial score (nSPS) is 16.7. The van der Waals surface area contributed by atoms with E-state index >= 15 is 0 Å². The summed E-state index contributed by atoms with van der Waals surface area (Å²) in [6, 6.07) is 14.6. The van der Waals surface area contributed by atoms with E-state index in [0.29, 0.717) is 0 Å². The predicted octanol–water partition coefficient (Wildman–Crippen LogP) is 3.66. The average molecular weight is 359 g/mol. The molecular formula is C18H19ClN4S. The van der Waals surface area contributed by atoms with Gasteiger partial charge in [-0.15, -0.1) is 0 Å². The first kappa shape index (κ1) is 16.0. The highest BCUT2D eigenvalue weighted by atomic mass is 35.5. The minimum absolute atomic E-state index is 0.818. The van der Waals surface area contributed by atoms with Crippen molar-refractivity contribution in [1.29, 1.82) is 0 Å². The molecule has 0 atom stereocenters. The zero-order chi connectivity index (χ0) is 16.4. The van der Waals surface area contributed by atoms with Gasteiger partial charge in [-0.1, -0.05) is 29.8 Å². The van der Waals surface area contributed by atoms with Crippen LogP contribution in [0.1, 0.15) is 11.1 Å². The number of halogens is 1. The van der Waals surface area contributed by atoms with Crippen LogP contribution in [0.25, 0.3) is 11.0 Å². The molecule has 124 valence electrons. The van der Waals surface area contributed by atoms with Crippen molar-refractivity contribution in [3.8, 4) is 0 Å². The topological polar surface area (TPSA) is 32.3 Å². The first-order chi connectivity index (χ1) is 11.8. The van der Waals surface area contributed by atoms with Gasteiger partial charge >= 0.3 is 0 Å². The van der Waals surface area contributed by atoms with Gasteiger partial charge in [0.2, 0.25) is 0 Å². The summed E-state index contributed by atoms with van der Waals surface area (Å²) in [5.41, 5.74) is 4.61. The molecule has 0 N–H and O–H groups in total. The van der Waals surface area contributed by atoms with E-state index in [1.165, 1.54) is 22.9 Å². The van der Waals surface area contributed by atoms with Crippen molar-refractivity contribution in [2.75, 3.05) is 26.2 Å². The average Bonchev–Trinajstić information content (AvgIpc) is 3.04. The minimum Gasteiger partial charge on any atom is -0.297 e. The summed E-state index contributed by atoms with van der Waals surface area (Å²) in [7, 11) is 0. The van der Waals surface area contributed by atoms with Crippen LogP contribution < -0.4 is 0 Å². The smallest absolute Gasteiger partial charge is 0.105 e. The number of benzene rings is 2. The lowest BCUT2D eigenvalue weighted by atomic mass is 10.1. The van der Waals surface area contributed by atoms with Gasteiger partial charge in [0.15, 0.2) is 0 Å². The molecule has 2 aromatic carbocycles. The first-order valence-corrected chi connectivity index (χ1v) is 9.27. The molecule has 2 heterocycles. The molecule has 4 rings (SSSR count). The number of hydrogen-bond donors (Lipinski definition) is 0. The molecule has 24 heavy (non-hydrogen) atoms. The highest BCUT2D eigenvalue weighted by molar-refractivity contribution is 7.00. The summed E-state index contributed by atoms with van der Waals surface area (Å²) in [4.78, 5) is 5.01. The lowest BCUT2D eigenvalue weighted by Crippen LogP contribution is -2.45. The second-order valence-electron chi connectivity index (χ2n) is 6.27. The number of hydrogen-bond acceptors (Lipinski definition) is 5. The van der Waals surface area contributed by atoms with E-state index < -0.39 is 0 Å². The van der Waals surface area contributed by atoms with Crippen LogP contribution in [0.4, 0.5) is 0 Å². The summed E-state index contributed by atoms with van der Waals surface area (Å²) < 4.78 is 8.59. The van der Waals surface area contributed by atoms with Crippen LogP contribution >= 0.6 is 23.3 Å². The van der Waals surface area contributed by atoms with Crippen LogP contribution in [0.15, 0.2) is 42.5 Å². The van der Waals surface area contributed by atoms with Gasteiger partial charge < -0.3 is 0 Å². The molecule has 0 saturated carbocycles. The maximum Gasteiger partial charge on any atom is 0.105 e. The van der Waals surface area contributed by atoms with E-state index in [1.54, 1.807) is 0 Å². The molecule has 0 aliphatic carbocycles. The Kier molecular flexibility index (Phi) is 4.76. The highest BCUT2D eigenvalue weighted by Gasteiger charge is 2.17. The Balaban J connectivity index is 1.32. The molecule has 0 radical (unpaired) electrons. The summed E-state index contributed by atoms with van der Waals surface area (Å²) in [5, 5.41) is 0.818. The molecule has 1 aliphatic heterocycles. The van der Waals surface area contributed by atoms with E-state index in [0.717, 1.165) is 55.3 Å². The third-order valence-electron chi connectivity index (χ3n) is 4.48. The van der Waals surface area contributed by atoms with Gasteiger partial charge in [-0.25, -0.2) is 0 Å². The maximum atomic E-state index is 6.07. The van der Waals surface area contributed by atoms with Crippen LogP contribution in [0.2, 0.25) is 5.02 Å². The van der Waals surface area contributed by atoms with E-state index in [4.69, 9.17) is 11.6 Å². The molecule has 1 fully saturated rings. The Morgan fingerprint density at radius 2 is 1.50 bits per heavy atom. The van der Waals surface area contributed by atoms with Crippen LogP contribution in [-0.2, 0) is 13.1 Å². The summed E-state index contributed by atoms with van der Waals surface area (Å²) in [5.74, 6) is 0. The molecule has 1 aliphatic rings. The van der Waals surface area contributed by atoms with Crippen LogP contribution in [0.5, 0.6) is 0 Å². The number of rotatable bonds is 4. The quantitative estimate of drug-likeness (QED) is 0.712. The maximum absolute atomic E-state index is 6.07. The molecule has 0 unspecified atom stereocenters. The standard InChI is InChI=1S/C18H19ClN4S/c19-16-3-1-2-14(10-16)12-22-6-8-23(9-7-22)13-15-4-5-17-18(11-15)21-24-20-17/h1-5,10-11H,6-9,12-13H2. The Morgan fingerprint density at radius 3 is 2.21 bits per heavy atom. The predicted molar refractivity (Wildman–Crippen MR) is 99.4 cm³/mol. The van der Waals surface area contributed by atoms with Crippen LogP contribution in [0, 0.1) is 0 Å². The largest absolute Gasteiger partial charge is 0.297 e. The number of aromatic nitrogens is 2. The van der Waals surface area contributed by atoms with Gasteiger partial charge in [-0.2, -0.15) is 8.75 Å². The van der Waals surface area contributed by atoms with E-state index in [-0.39, 0.29) is 0 Å². The minimum atomic E-state index is 0.818. The van der Waals surface area contributed by atoms with Crippen LogP contribution in [0.3, 0.4) is 0 Å². The fourth-order valence-electron chi connectivity index (χ4n) is 3.18. The van der Waals surface area contributed by atoms with Gasteiger partial charge in [0.25, 0.3) is 0 Å². The lowest BCUT2D eigenvalue weighted by molar-refractivity contribution is 0.122. The monoisotopic (exact) mass is 358 g/mol. The van der Waals surface area contributed by atoms with Crippen molar-refractivity contribution in [2.45, 2.75) is 13.1 Å². The van der Waals surface area contributed by atoms with Gasteiger partial charge in [-0.05, 0) is 35.4 Å². The Hall–Kier alpha value is -1.53. The molecule has 0 amide bonds. The zero-order valence-electron chi connectivity index (χ0n) is 13.4.